The van der Waals surface area contributed by atoms with E-state index in [1.807, 2.05) is 18.2 Å². The van der Waals surface area contributed by atoms with E-state index in [0.29, 0.717) is 16.7 Å². The Morgan fingerprint density at radius 2 is 1.35 bits per heavy atom. The van der Waals surface area contributed by atoms with Crippen LogP contribution in [0.1, 0.15) is 26.3 Å². The molecule has 2 nitrogen and oxygen atoms in total. The average molecular weight is 289 g/mol. The number of carbonyl (C=O) groups excluding carboxylic acids is 2. The Morgan fingerprint density at radius 1 is 0.765 bits per heavy atom. The van der Waals surface area contributed by atoms with Gasteiger partial charge >= 0.3 is 0 Å². The van der Waals surface area contributed by atoms with Crippen molar-refractivity contribution in [1.29, 1.82) is 0 Å². The Morgan fingerprint density at radius 3 is 2.00 bits per heavy atom. The van der Waals surface area contributed by atoms with Crippen molar-refractivity contribution in [2.75, 3.05) is 0 Å². The lowest BCUT2D eigenvalue weighted by molar-refractivity contribution is 0.103. The second kappa shape index (κ2) is 5.06. The highest BCUT2D eigenvalue weighted by Gasteiger charge is 2.10. The van der Waals surface area contributed by atoms with Crippen molar-refractivity contribution in [1.82, 2.24) is 0 Å². The van der Waals surface area contributed by atoms with Crippen molar-refractivity contribution in [2.45, 2.75) is 0 Å². The van der Waals surface area contributed by atoms with E-state index in [9.17, 15) is 9.59 Å². The first kappa shape index (κ1) is 11.7. The van der Waals surface area contributed by atoms with Crippen LogP contribution in [0.15, 0.2) is 54.6 Å². The van der Waals surface area contributed by atoms with Crippen LogP contribution in [0.3, 0.4) is 0 Å². The number of carbonyl (C=O) groups is 2. The van der Waals surface area contributed by atoms with Gasteiger partial charge in [0.1, 0.15) is 0 Å². The molecule has 0 spiro atoms. The second-order valence-electron chi connectivity index (χ2n) is 3.55. The fraction of sp³-hybridized carbons (Fsp3) is 0. The summed E-state index contributed by atoms with van der Waals surface area (Å²) < 4.78 is -0.222. The molecule has 84 valence electrons. The molecule has 0 bridgehead atoms. The molecule has 0 aliphatic carbocycles. The molecule has 0 radical (unpaired) electrons. The van der Waals surface area contributed by atoms with E-state index in [2.05, 4.69) is 15.9 Å². The molecule has 0 aliphatic heterocycles. The lowest BCUT2D eigenvalue weighted by Gasteiger charge is -2.02. The Balaban J connectivity index is 2.38. The standard InChI is InChI=1S/C14H9BrO2/c15-14(17)12-8-4-7-11(9-12)13(16)10-5-2-1-3-6-10/h1-9H. The Bertz CT molecular complexity index is 561. The van der Waals surface area contributed by atoms with Gasteiger partial charge in [-0.1, -0.05) is 48.5 Å². The highest BCUT2D eigenvalue weighted by atomic mass is 79.9. The SMILES string of the molecule is O=C(Br)c1cccc(C(=O)c2ccccc2)c1. The van der Waals surface area contributed by atoms with Gasteiger partial charge < -0.3 is 0 Å². The molecule has 2 rings (SSSR count). The molecule has 3 heteroatoms. The van der Waals surface area contributed by atoms with E-state index in [4.69, 9.17) is 0 Å². The molecule has 0 N–H and O–H groups in total. The summed E-state index contributed by atoms with van der Waals surface area (Å²) in [6.07, 6.45) is 0. The van der Waals surface area contributed by atoms with E-state index in [-0.39, 0.29) is 10.5 Å². The predicted octanol–water partition coefficient (Wildman–Crippen LogP) is 3.45. The predicted molar refractivity (Wildman–Crippen MR) is 69.6 cm³/mol. The molecular formula is C14H9BrO2. The van der Waals surface area contributed by atoms with Gasteiger partial charge in [-0.3, -0.25) is 9.59 Å². The maximum absolute atomic E-state index is 12.1. The molecule has 2 aromatic carbocycles. The maximum Gasteiger partial charge on any atom is 0.228 e. The number of ketones is 1. The first-order valence-corrected chi connectivity index (χ1v) is 5.87. The third-order valence-electron chi connectivity index (χ3n) is 2.39. The fourth-order valence-electron chi connectivity index (χ4n) is 1.54. The molecule has 0 heterocycles. The van der Waals surface area contributed by atoms with Crippen molar-refractivity contribution in [2.24, 2.45) is 0 Å². The topological polar surface area (TPSA) is 34.1 Å². The molecule has 0 fully saturated rings. The van der Waals surface area contributed by atoms with Crippen LogP contribution < -0.4 is 0 Å². The summed E-state index contributed by atoms with van der Waals surface area (Å²) in [4.78, 5) is 23.3. The van der Waals surface area contributed by atoms with E-state index in [1.165, 1.54) is 0 Å². The normalized spacial score (nSPS) is 9.94. The quantitative estimate of drug-likeness (QED) is 0.640. The molecular weight excluding hydrogens is 280 g/mol. The molecule has 0 atom stereocenters. The van der Waals surface area contributed by atoms with Crippen LogP contribution in [0.5, 0.6) is 0 Å². The smallest absolute Gasteiger partial charge is 0.228 e. The van der Waals surface area contributed by atoms with E-state index in [1.54, 1.807) is 36.4 Å². The van der Waals surface area contributed by atoms with Crippen LogP contribution in [0.4, 0.5) is 0 Å². The summed E-state index contributed by atoms with van der Waals surface area (Å²) in [5.41, 5.74) is 1.61. The monoisotopic (exact) mass is 288 g/mol. The van der Waals surface area contributed by atoms with Crippen LogP contribution in [0.25, 0.3) is 0 Å². The summed E-state index contributed by atoms with van der Waals surface area (Å²) in [6.45, 7) is 0. The molecule has 0 amide bonds. The summed E-state index contributed by atoms with van der Waals surface area (Å²) in [7, 11) is 0. The van der Waals surface area contributed by atoms with Crippen molar-refractivity contribution < 1.29 is 9.59 Å². The number of benzene rings is 2. The third kappa shape index (κ3) is 2.68. The molecule has 0 aromatic heterocycles. The van der Waals surface area contributed by atoms with Crippen LogP contribution in [-0.2, 0) is 0 Å². The van der Waals surface area contributed by atoms with Crippen LogP contribution in [-0.4, -0.2) is 10.5 Å². The van der Waals surface area contributed by atoms with Crippen molar-refractivity contribution in [3.05, 3.63) is 71.3 Å². The van der Waals surface area contributed by atoms with Gasteiger partial charge in [0.05, 0.1) is 0 Å². The number of hydrogen-bond acceptors (Lipinski definition) is 2. The van der Waals surface area contributed by atoms with E-state index < -0.39 is 0 Å². The van der Waals surface area contributed by atoms with Gasteiger partial charge in [0.2, 0.25) is 4.69 Å². The van der Waals surface area contributed by atoms with Gasteiger partial charge in [0.25, 0.3) is 0 Å². The van der Waals surface area contributed by atoms with Crippen LogP contribution in [0.2, 0.25) is 0 Å². The van der Waals surface area contributed by atoms with Crippen molar-refractivity contribution in [3.63, 3.8) is 0 Å². The first-order valence-electron chi connectivity index (χ1n) is 5.08. The highest BCUT2D eigenvalue weighted by Crippen LogP contribution is 2.13. The molecule has 0 aliphatic rings. The van der Waals surface area contributed by atoms with Gasteiger partial charge in [0, 0.05) is 16.7 Å². The third-order valence-corrected chi connectivity index (χ3v) is 2.85. The summed E-state index contributed by atoms with van der Waals surface area (Å²) in [5, 5.41) is 0. The summed E-state index contributed by atoms with van der Waals surface area (Å²) in [5.74, 6) is -0.0822. The molecule has 17 heavy (non-hydrogen) atoms. The Labute approximate surface area is 107 Å². The highest BCUT2D eigenvalue weighted by molar-refractivity contribution is 9.18. The minimum absolute atomic E-state index is 0.0822. The van der Waals surface area contributed by atoms with Gasteiger partial charge in [-0.25, -0.2) is 0 Å². The van der Waals surface area contributed by atoms with Crippen LogP contribution >= 0.6 is 15.9 Å². The van der Waals surface area contributed by atoms with E-state index >= 15 is 0 Å². The summed E-state index contributed by atoms with van der Waals surface area (Å²) >= 11 is 2.87. The number of hydrogen-bond donors (Lipinski definition) is 0. The van der Waals surface area contributed by atoms with Gasteiger partial charge in [-0.2, -0.15) is 0 Å². The molecule has 0 saturated heterocycles. The second-order valence-corrected chi connectivity index (χ2v) is 4.27. The lowest BCUT2D eigenvalue weighted by Crippen LogP contribution is -2.02. The summed E-state index contributed by atoms with van der Waals surface area (Å²) in [6, 6.07) is 15.6. The van der Waals surface area contributed by atoms with Gasteiger partial charge in [0.15, 0.2) is 5.78 Å². The first-order chi connectivity index (χ1) is 8.18. The van der Waals surface area contributed by atoms with Gasteiger partial charge in [-0.05, 0) is 22.0 Å². The minimum atomic E-state index is -0.222. The average Bonchev–Trinajstić information content (AvgIpc) is 2.39. The zero-order valence-electron chi connectivity index (χ0n) is 8.89. The largest absolute Gasteiger partial charge is 0.289 e. The Kier molecular flexibility index (Phi) is 3.49. The zero-order chi connectivity index (χ0) is 12.3. The maximum atomic E-state index is 12.1. The number of rotatable bonds is 3. The zero-order valence-corrected chi connectivity index (χ0v) is 10.5. The van der Waals surface area contributed by atoms with Crippen molar-refractivity contribution in [3.8, 4) is 0 Å². The minimum Gasteiger partial charge on any atom is -0.289 e. The van der Waals surface area contributed by atoms with Gasteiger partial charge in [-0.15, -0.1) is 0 Å². The molecule has 2 aromatic rings. The van der Waals surface area contributed by atoms with Crippen LogP contribution in [0, 0.1) is 0 Å². The fourth-order valence-corrected chi connectivity index (χ4v) is 1.79. The lowest BCUT2D eigenvalue weighted by atomic mass is 10.0. The van der Waals surface area contributed by atoms with E-state index in [0.717, 1.165) is 0 Å². The Hall–Kier alpha value is -1.74. The molecule has 0 unspecified atom stereocenters. The number of halogens is 1. The van der Waals surface area contributed by atoms with Crippen molar-refractivity contribution >= 4 is 26.4 Å². The molecule has 0 saturated carbocycles.